The Morgan fingerprint density at radius 1 is 1.07 bits per heavy atom. The summed E-state index contributed by atoms with van der Waals surface area (Å²) in [6.45, 7) is 2.90. The average Bonchev–Trinajstić information content (AvgIpc) is 3.79. The van der Waals surface area contributed by atoms with Crippen molar-refractivity contribution in [3.05, 3.63) is 100 Å². The molecule has 11 heteroatoms. The highest BCUT2D eigenvalue weighted by molar-refractivity contribution is 7.90. The lowest BCUT2D eigenvalue weighted by Gasteiger charge is -2.40. The average molecular weight is 617 g/mol. The second kappa shape index (κ2) is 12.8. The zero-order valence-corrected chi connectivity index (χ0v) is 24.8. The first kappa shape index (κ1) is 30.6. The van der Waals surface area contributed by atoms with Gasteiger partial charge in [0.2, 0.25) is 15.9 Å². The Balaban J connectivity index is 1.37. The molecule has 0 radical (unpaired) electrons. The molecule has 0 spiro atoms. The molecule has 1 saturated heterocycles. The van der Waals surface area contributed by atoms with E-state index in [9.17, 15) is 17.6 Å². The monoisotopic (exact) mass is 616 g/mol. The Hall–Kier alpha value is -2.89. The number of benzene rings is 3. The van der Waals surface area contributed by atoms with Gasteiger partial charge >= 0.3 is 0 Å². The van der Waals surface area contributed by atoms with Crippen LogP contribution in [-0.4, -0.2) is 55.1 Å². The molecule has 42 heavy (non-hydrogen) atoms. The van der Waals surface area contributed by atoms with Crippen molar-refractivity contribution in [1.29, 1.82) is 0 Å². The third kappa shape index (κ3) is 6.68. The summed E-state index contributed by atoms with van der Waals surface area (Å²) in [6.07, 6.45) is 1.91. The van der Waals surface area contributed by atoms with E-state index in [-0.39, 0.29) is 35.0 Å². The van der Waals surface area contributed by atoms with Gasteiger partial charge in [0.1, 0.15) is 11.6 Å². The topological polar surface area (TPSA) is 105 Å². The van der Waals surface area contributed by atoms with Crippen molar-refractivity contribution in [2.75, 3.05) is 18.4 Å². The van der Waals surface area contributed by atoms with E-state index >= 15 is 4.39 Å². The van der Waals surface area contributed by atoms with Gasteiger partial charge in [-0.25, -0.2) is 17.2 Å². The number of halogens is 3. The maximum Gasteiger partial charge on any atom is 0.242 e. The number of hydrogen-bond acceptors (Lipinski definition) is 5. The number of carbonyl (C=O) groups excluding carboxylic acids is 1. The van der Waals surface area contributed by atoms with E-state index in [0.29, 0.717) is 48.5 Å². The van der Waals surface area contributed by atoms with Gasteiger partial charge in [-0.15, -0.1) is 0 Å². The first-order valence-electron chi connectivity index (χ1n) is 14.1. The van der Waals surface area contributed by atoms with Gasteiger partial charge in [0.15, 0.2) is 0 Å². The fourth-order valence-corrected chi connectivity index (χ4v) is 8.29. The smallest absolute Gasteiger partial charge is 0.242 e. The Labute approximate surface area is 250 Å². The van der Waals surface area contributed by atoms with Crippen LogP contribution in [0.1, 0.15) is 48.8 Å². The molecular formula is C31H35ClF2N4O3S. The third-order valence-electron chi connectivity index (χ3n) is 8.04. The van der Waals surface area contributed by atoms with Gasteiger partial charge in [0, 0.05) is 47.4 Å². The normalized spacial score (nSPS) is 21.1. The van der Waals surface area contributed by atoms with E-state index in [2.05, 4.69) is 10.6 Å². The molecule has 4 atom stereocenters. The maximum atomic E-state index is 15.2. The molecule has 224 valence electrons. The van der Waals surface area contributed by atoms with Gasteiger partial charge in [-0.3, -0.25) is 4.79 Å². The SMILES string of the molecule is C[C@H]1CNC[C@H](CCc2c(F)cccc2NC(=O)[C@@H](N)[C@H](c2cccc(F)c2)c2cccc(Cl)c2)N1S(=O)(=O)C1CC1. The summed E-state index contributed by atoms with van der Waals surface area (Å²) in [5.74, 6) is -2.29. The van der Waals surface area contributed by atoms with Crippen molar-refractivity contribution >= 4 is 33.2 Å². The second-order valence-electron chi connectivity index (χ2n) is 11.1. The number of carbonyl (C=O) groups is 1. The fourth-order valence-electron chi connectivity index (χ4n) is 5.84. The van der Waals surface area contributed by atoms with Crippen LogP contribution in [0.3, 0.4) is 0 Å². The van der Waals surface area contributed by atoms with Crippen LogP contribution in [0.25, 0.3) is 0 Å². The standard InChI is InChI=1S/C31H35ClF2N4O3S/c1-19-17-36-18-24(38(19)42(40,41)25-12-13-25)11-14-26-27(34)9-4-10-28(26)37-31(39)30(35)29(20-5-2-7-22(32)15-20)21-6-3-8-23(33)16-21/h2-10,15-16,19,24-25,29-30,36H,11-14,17-18,35H2,1H3,(H,37,39)/t19-,24-,29-,30-/m0/s1. The largest absolute Gasteiger partial charge is 0.324 e. The molecule has 1 heterocycles. The van der Waals surface area contributed by atoms with E-state index in [1.807, 2.05) is 6.92 Å². The molecule has 3 aromatic carbocycles. The molecule has 1 aliphatic heterocycles. The predicted octanol–water partition coefficient (Wildman–Crippen LogP) is 4.80. The van der Waals surface area contributed by atoms with Crippen molar-refractivity contribution in [2.45, 2.75) is 61.9 Å². The highest BCUT2D eigenvalue weighted by Crippen LogP contribution is 2.35. The number of hydrogen-bond donors (Lipinski definition) is 3. The van der Waals surface area contributed by atoms with Crippen LogP contribution in [0.2, 0.25) is 5.02 Å². The number of nitrogens with one attached hydrogen (secondary N) is 2. The number of rotatable bonds is 10. The molecule has 4 N–H and O–H groups in total. The van der Waals surface area contributed by atoms with Crippen molar-refractivity contribution in [3.63, 3.8) is 0 Å². The van der Waals surface area contributed by atoms with Gasteiger partial charge in [-0.1, -0.05) is 41.9 Å². The number of anilines is 1. The van der Waals surface area contributed by atoms with Crippen molar-refractivity contribution in [2.24, 2.45) is 5.73 Å². The van der Waals surface area contributed by atoms with Crippen LogP contribution in [0, 0.1) is 11.6 Å². The highest BCUT2D eigenvalue weighted by atomic mass is 35.5. The zero-order chi connectivity index (χ0) is 30.0. The summed E-state index contributed by atoms with van der Waals surface area (Å²) < 4.78 is 57.4. The molecular weight excluding hydrogens is 582 g/mol. The minimum Gasteiger partial charge on any atom is -0.324 e. The van der Waals surface area contributed by atoms with E-state index in [4.69, 9.17) is 17.3 Å². The van der Waals surface area contributed by atoms with E-state index < -0.39 is 39.5 Å². The number of sulfonamides is 1. The first-order chi connectivity index (χ1) is 20.1. The lowest BCUT2D eigenvalue weighted by Crippen LogP contribution is -2.59. The Morgan fingerprint density at radius 2 is 1.76 bits per heavy atom. The molecule has 0 unspecified atom stereocenters. The van der Waals surface area contributed by atoms with Crippen LogP contribution in [0.4, 0.5) is 14.5 Å². The molecule has 2 fully saturated rings. The van der Waals surface area contributed by atoms with E-state index in [1.165, 1.54) is 24.3 Å². The number of nitrogens with two attached hydrogens (primary N) is 1. The van der Waals surface area contributed by atoms with Crippen molar-refractivity contribution < 1.29 is 22.0 Å². The van der Waals surface area contributed by atoms with Crippen molar-refractivity contribution in [3.8, 4) is 0 Å². The Morgan fingerprint density at radius 3 is 2.45 bits per heavy atom. The Bertz CT molecular complexity index is 1510. The van der Waals surface area contributed by atoms with Crippen LogP contribution in [-0.2, 0) is 21.2 Å². The molecule has 1 amide bonds. The van der Waals surface area contributed by atoms with Gasteiger partial charge in [-0.2, -0.15) is 4.31 Å². The maximum absolute atomic E-state index is 15.2. The summed E-state index contributed by atoms with van der Waals surface area (Å²) in [6, 6.07) is 15.4. The number of piperazine rings is 1. The number of nitrogens with zero attached hydrogens (tertiary/aromatic N) is 1. The number of amides is 1. The van der Waals surface area contributed by atoms with Gasteiger partial charge in [0.05, 0.1) is 11.3 Å². The van der Waals surface area contributed by atoms with Gasteiger partial charge in [0.25, 0.3) is 0 Å². The summed E-state index contributed by atoms with van der Waals surface area (Å²) in [5.41, 5.74) is 8.17. The minimum absolute atomic E-state index is 0.203. The lowest BCUT2D eigenvalue weighted by atomic mass is 9.85. The molecule has 2 aliphatic rings. The van der Waals surface area contributed by atoms with Gasteiger partial charge < -0.3 is 16.4 Å². The lowest BCUT2D eigenvalue weighted by molar-refractivity contribution is -0.117. The summed E-state index contributed by atoms with van der Waals surface area (Å²) in [5, 5.41) is 6.18. The summed E-state index contributed by atoms with van der Waals surface area (Å²) >= 11 is 6.22. The van der Waals surface area contributed by atoms with Gasteiger partial charge in [-0.05, 0) is 80.1 Å². The predicted molar refractivity (Wildman–Crippen MR) is 161 cm³/mol. The minimum atomic E-state index is -3.43. The van der Waals surface area contributed by atoms with E-state index in [1.54, 1.807) is 46.8 Å². The Kier molecular flexibility index (Phi) is 9.29. The molecule has 1 aliphatic carbocycles. The highest BCUT2D eigenvalue weighted by Gasteiger charge is 2.45. The van der Waals surface area contributed by atoms with Crippen LogP contribution >= 0.6 is 11.6 Å². The van der Waals surface area contributed by atoms with Crippen LogP contribution in [0.5, 0.6) is 0 Å². The second-order valence-corrected chi connectivity index (χ2v) is 13.7. The van der Waals surface area contributed by atoms with Crippen molar-refractivity contribution in [1.82, 2.24) is 9.62 Å². The molecule has 0 aromatic heterocycles. The zero-order valence-electron chi connectivity index (χ0n) is 23.3. The molecule has 3 aromatic rings. The fraction of sp³-hybridized carbons (Fsp3) is 0.387. The quantitative estimate of drug-likeness (QED) is 0.304. The first-order valence-corrected chi connectivity index (χ1v) is 16.0. The third-order valence-corrected chi connectivity index (χ3v) is 10.8. The summed E-state index contributed by atoms with van der Waals surface area (Å²) in [7, 11) is -3.43. The molecule has 0 bridgehead atoms. The van der Waals surface area contributed by atoms with Crippen LogP contribution < -0.4 is 16.4 Å². The van der Waals surface area contributed by atoms with Crippen LogP contribution in [0.15, 0.2) is 66.7 Å². The summed E-state index contributed by atoms with van der Waals surface area (Å²) in [4.78, 5) is 13.6. The molecule has 5 rings (SSSR count). The molecule has 7 nitrogen and oxygen atoms in total. The molecule has 1 saturated carbocycles. The van der Waals surface area contributed by atoms with E-state index in [0.717, 1.165) is 0 Å².